The van der Waals surface area contributed by atoms with Gasteiger partial charge in [0.25, 0.3) is 0 Å². The third kappa shape index (κ3) is 5.70. The highest BCUT2D eigenvalue weighted by molar-refractivity contribution is 6.15. The average molecular weight is 518 g/mol. The Morgan fingerprint density at radius 2 is 1.90 bits per heavy atom. The Morgan fingerprint density at radius 1 is 1.15 bits per heavy atom. The van der Waals surface area contributed by atoms with Gasteiger partial charge in [-0.1, -0.05) is 56.3 Å². The second kappa shape index (κ2) is 11.7. The molecule has 4 rings (SSSR count). The summed E-state index contributed by atoms with van der Waals surface area (Å²) in [4.78, 5) is 13.9. The molecular formula is C32H35N7. The van der Waals surface area contributed by atoms with Crippen molar-refractivity contribution in [3.8, 4) is 23.5 Å². The highest BCUT2D eigenvalue weighted by atomic mass is 15.3. The van der Waals surface area contributed by atoms with E-state index in [0.717, 1.165) is 58.3 Å². The fraction of sp³-hybridized carbons (Fsp3) is 0.219. The zero-order valence-electron chi connectivity index (χ0n) is 23.1. The lowest BCUT2D eigenvalue weighted by molar-refractivity contribution is 0.388. The Morgan fingerprint density at radius 3 is 2.51 bits per heavy atom. The fourth-order valence-electron chi connectivity index (χ4n) is 4.89. The normalized spacial score (nSPS) is 13.8. The summed E-state index contributed by atoms with van der Waals surface area (Å²) in [6, 6.07) is 16.3. The summed E-state index contributed by atoms with van der Waals surface area (Å²) >= 11 is 0. The van der Waals surface area contributed by atoms with Crippen molar-refractivity contribution in [1.29, 1.82) is 0 Å². The lowest BCUT2D eigenvalue weighted by Gasteiger charge is -2.37. The predicted octanol–water partition coefficient (Wildman–Crippen LogP) is 6.12. The smallest absolute Gasteiger partial charge is 0.133 e. The Hall–Kier alpha value is -4.83. The summed E-state index contributed by atoms with van der Waals surface area (Å²) in [7, 11) is 1.92. The SMILES string of the molecule is C#CC(/C(C)=N\C(=C)N)=C(/C)N(CCC)CC1=Nc2cccc(-c3cnn(C)c3)c2C(=C)N1c1ccccc1. The Balaban J connectivity index is 1.87. The van der Waals surface area contributed by atoms with Gasteiger partial charge in [0.05, 0.1) is 35.4 Å². The Bertz CT molecular complexity index is 1530. The van der Waals surface area contributed by atoms with Crippen LogP contribution in [-0.4, -0.2) is 39.3 Å². The van der Waals surface area contributed by atoms with Crippen LogP contribution >= 0.6 is 0 Å². The highest BCUT2D eigenvalue weighted by Gasteiger charge is 2.29. The van der Waals surface area contributed by atoms with Gasteiger partial charge in [0.1, 0.15) is 11.7 Å². The van der Waals surface area contributed by atoms with Gasteiger partial charge in [-0.2, -0.15) is 5.10 Å². The van der Waals surface area contributed by atoms with Gasteiger partial charge in [-0.05, 0) is 44.0 Å². The minimum Gasteiger partial charge on any atom is -0.384 e. The third-order valence-corrected chi connectivity index (χ3v) is 6.62. The third-order valence-electron chi connectivity index (χ3n) is 6.62. The Labute approximate surface area is 231 Å². The van der Waals surface area contributed by atoms with Gasteiger partial charge in [0.15, 0.2) is 0 Å². The number of aryl methyl sites for hydroxylation is 1. The van der Waals surface area contributed by atoms with E-state index in [1.54, 1.807) is 4.68 Å². The largest absolute Gasteiger partial charge is 0.384 e. The first kappa shape index (κ1) is 27.2. The molecule has 0 fully saturated rings. The van der Waals surface area contributed by atoms with E-state index in [0.29, 0.717) is 17.8 Å². The molecule has 0 saturated heterocycles. The van der Waals surface area contributed by atoms with Crippen LogP contribution in [0.5, 0.6) is 0 Å². The summed E-state index contributed by atoms with van der Waals surface area (Å²) < 4.78 is 1.80. The molecule has 0 unspecified atom stereocenters. The average Bonchev–Trinajstić information content (AvgIpc) is 3.34. The molecule has 7 heteroatoms. The molecule has 0 aliphatic carbocycles. The second-order valence-corrected chi connectivity index (χ2v) is 9.46. The number of nitrogens with two attached hydrogens (primary N) is 1. The number of fused-ring (bicyclic) bond motifs is 1. The summed E-state index contributed by atoms with van der Waals surface area (Å²) in [5.41, 5.74) is 13.8. The molecule has 0 saturated carbocycles. The number of nitrogens with zero attached hydrogens (tertiary/aromatic N) is 6. The standard InChI is InChI=1S/C32H35N7/c1-8-18-38(23(4)28(9-2)22(3)35-25(6)33)21-31-36-30-17-13-16-29(26-19-34-37(7)20-26)32(30)24(5)39(31)27-14-11-10-12-15-27/h2,10-17,19-20H,5-6,8,18,21,33H2,1,3-4,7H3/b28-23+,35-22-. The van der Waals surface area contributed by atoms with Crippen molar-refractivity contribution >= 4 is 28.6 Å². The number of anilines is 1. The van der Waals surface area contributed by atoms with Crippen LogP contribution in [0.25, 0.3) is 16.8 Å². The molecule has 3 aromatic rings. The van der Waals surface area contributed by atoms with E-state index in [1.807, 2.05) is 63.6 Å². The van der Waals surface area contributed by atoms with E-state index < -0.39 is 0 Å². The first-order valence-corrected chi connectivity index (χ1v) is 12.9. The van der Waals surface area contributed by atoms with Crippen molar-refractivity contribution in [3.05, 3.63) is 96.7 Å². The van der Waals surface area contributed by atoms with E-state index in [1.165, 1.54) is 0 Å². The van der Waals surface area contributed by atoms with Crippen LogP contribution in [-0.2, 0) is 7.05 Å². The van der Waals surface area contributed by atoms with Crippen molar-refractivity contribution in [2.45, 2.75) is 27.2 Å². The van der Waals surface area contributed by atoms with E-state index in [4.69, 9.17) is 17.1 Å². The molecule has 198 valence electrons. The van der Waals surface area contributed by atoms with Crippen molar-refractivity contribution in [3.63, 3.8) is 0 Å². The number of amidine groups is 1. The summed E-state index contributed by atoms with van der Waals surface area (Å²) in [6.45, 7) is 15.6. The zero-order valence-corrected chi connectivity index (χ0v) is 23.1. The lowest BCUT2D eigenvalue weighted by atomic mass is 9.96. The molecule has 0 spiro atoms. The van der Waals surface area contributed by atoms with E-state index in [2.05, 4.69) is 64.1 Å². The number of aliphatic imine (C=N–C) groups is 2. The molecule has 0 amide bonds. The maximum Gasteiger partial charge on any atom is 0.133 e. The van der Waals surface area contributed by atoms with E-state index in [-0.39, 0.29) is 5.82 Å². The van der Waals surface area contributed by atoms with Crippen molar-refractivity contribution in [2.24, 2.45) is 22.8 Å². The lowest BCUT2D eigenvalue weighted by Crippen LogP contribution is -2.41. The first-order chi connectivity index (χ1) is 18.7. The molecule has 39 heavy (non-hydrogen) atoms. The van der Waals surface area contributed by atoms with E-state index in [9.17, 15) is 0 Å². The molecule has 0 atom stereocenters. The number of hydrogen-bond donors (Lipinski definition) is 1. The summed E-state index contributed by atoms with van der Waals surface area (Å²) in [6.07, 6.45) is 10.7. The molecule has 0 bridgehead atoms. The minimum absolute atomic E-state index is 0.222. The number of benzene rings is 2. The maximum absolute atomic E-state index is 5.95. The number of aromatic nitrogens is 2. The number of para-hydroxylation sites is 1. The molecule has 1 aliphatic heterocycles. The van der Waals surface area contributed by atoms with Gasteiger partial charge in [-0.15, -0.1) is 6.42 Å². The predicted molar refractivity (Wildman–Crippen MR) is 164 cm³/mol. The molecule has 2 heterocycles. The fourth-order valence-corrected chi connectivity index (χ4v) is 4.89. The molecule has 1 aromatic heterocycles. The van der Waals surface area contributed by atoms with Crippen LogP contribution in [0.1, 0.15) is 32.8 Å². The summed E-state index contributed by atoms with van der Waals surface area (Å²) in [5.74, 6) is 3.88. The van der Waals surface area contributed by atoms with Gasteiger partial charge in [-0.25, -0.2) is 9.98 Å². The molecule has 1 aliphatic rings. The van der Waals surface area contributed by atoms with Crippen molar-refractivity contribution in [1.82, 2.24) is 14.7 Å². The first-order valence-electron chi connectivity index (χ1n) is 12.9. The maximum atomic E-state index is 5.95. The van der Waals surface area contributed by atoms with Crippen molar-refractivity contribution < 1.29 is 0 Å². The second-order valence-electron chi connectivity index (χ2n) is 9.46. The Kier molecular flexibility index (Phi) is 8.16. The molecular weight excluding hydrogens is 482 g/mol. The van der Waals surface area contributed by atoms with Crippen LogP contribution < -0.4 is 10.6 Å². The van der Waals surface area contributed by atoms with Crippen LogP contribution in [0.2, 0.25) is 0 Å². The van der Waals surface area contributed by atoms with Gasteiger partial charge < -0.3 is 10.6 Å². The van der Waals surface area contributed by atoms with Gasteiger partial charge >= 0.3 is 0 Å². The van der Waals surface area contributed by atoms with Crippen LogP contribution in [0, 0.1) is 12.3 Å². The van der Waals surface area contributed by atoms with Gasteiger partial charge in [-0.3, -0.25) is 9.58 Å². The number of hydrogen-bond acceptors (Lipinski definition) is 6. The van der Waals surface area contributed by atoms with Crippen LogP contribution in [0.15, 0.2) is 101 Å². The number of terminal acetylenes is 1. The number of allylic oxidation sites excluding steroid dienone is 2. The zero-order chi connectivity index (χ0) is 28.1. The van der Waals surface area contributed by atoms with Crippen LogP contribution in [0.4, 0.5) is 11.4 Å². The minimum atomic E-state index is 0.222. The van der Waals surface area contributed by atoms with Crippen LogP contribution in [0.3, 0.4) is 0 Å². The molecule has 7 nitrogen and oxygen atoms in total. The monoisotopic (exact) mass is 517 g/mol. The van der Waals surface area contributed by atoms with E-state index >= 15 is 0 Å². The van der Waals surface area contributed by atoms with Crippen molar-refractivity contribution in [2.75, 3.05) is 18.0 Å². The van der Waals surface area contributed by atoms with Gasteiger partial charge in [0, 0.05) is 42.3 Å². The molecule has 2 aromatic carbocycles. The quantitative estimate of drug-likeness (QED) is 0.274. The highest BCUT2D eigenvalue weighted by Crippen LogP contribution is 2.42. The molecule has 2 N–H and O–H groups in total. The number of rotatable bonds is 9. The molecule has 0 radical (unpaired) electrons. The van der Waals surface area contributed by atoms with Gasteiger partial charge in [0.2, 0.25) is 0 Å². The summed E-state index contributed by atoms with van der Waals surface area (Å²) in [5, 5.41) is 4.38. The topological polar surface area (TPSA) is 75.0 Å².